The fourth-order valence-corrected chi connectivity index (χ4v) is 4.88. The van der Waals surface area contributed by atoms with E-state index in [1.54, 1.807) is 10.7 Å². The van der Waals surface area contributed by atoms with Crippen LogP contribution in [0.15, 0.2) is 103 Å². The van der Waals surface area contributed by atoms with Crippen molar-refractivity contribution in [2.75, 3.05) is 11.4 Å². The molecule has 0 atom stereocenters. The predicted molar refractivity (Wildman–Crippen MR) is 139 cm³/mol. The number of anilines is 1. The van der Waals surface area contributed by atoms with E-state index in [2.05, 4.69) is 4.98 Å². The first kappa shape index (κ1) is 24.4. The van der Waals surface area contributed by atoms with Gasteiger partial charge in [0.05, 0.1) is 17.4 Å². The Labute approximate surface area is 216 Å². The molecule has 0 radical (unpaired) electrons. The SMILES string of the molecule is O=C(O)N(CC(F)F)c1nn(C(c2ccccc2)(c2ccccc2)c2ccccc2)c2cc(Cl)ncc12. The largest absolute Gasteiger partial charge is 0.465 e. The van der Waals surface area contributed by atoms with E-state index in [1.807, 2.05) is 91.0 Å². The van der Waals surface area contributed by atoms with E-state index in [9.17, 15) is 18.7 Å². The molecule has 0 aliphatic rings. The highest BCUT2D eigenvalue weighted by Crippen LogP contribution is 2.44. The molecule has 5 aromatic rings. The summed E-state index contributed by atoms with van der Waals surface area (Å²) in [5.41, 5.74) is 1.80. The number of benzene rings is 3. The maximum Gasteiger partial charge on any atom is 0.413 e. The van der Waals surface area contributed by atoms with Crippen molar-refractivity contribution >= 4 is 34.4 Å². The summed E-state index contributed by atoms with van der Waals surface area (Å²) >= 11 is 6.31. The number of rotatable bonds is 7. The highest BCUT2D eigenvalue weighted by Gasteiger charge is 2.42. The summed E-state index contributed by atoms with van der Waals surface area (Å²) < 4.78 is 28.6. The number of carboxylic acid groups (broad SMARTS) is 1. The molecule has 5 rings (SSSR count). The summed E-state index contributed by atoms with van der Waals surface area (Å²) in [4.78, 5) is 16.8. The van der Waals surface area contributed by atoms with Crippen molar-refractivity contribution in [2.24, 2.45) is 0 Å². The number of hydrogen-bond acceptors (Lipinski definition) is 3. The van der Waals surface area contributed by atoms with Gasteiger partial charge in [0, 0.05) is 12.3 Å². The first-order valence-corrected chi connectivity index (χ1v) is 11.8. The third kappa shape index (κ3) is 4.29. The number of aromatic nitrogens is 3. The molecule has 9 heteroatoms. The van der Waals surface area contributed by atoms with E-state index in [0.717, 1.165) is 16.7 Å². The van der Waals surface area contributed by atoms with Crippen LogP contribution in [0.2, 0.25) is 5.15 Å². The molecule has 0 saturated carbocycles. The van der Waals surface area contributed by atoms with Crippen LogP contribution in [-0.2, 0) is 5.54 Å². The van der Waals surface area contributed by atoms with E-state index in [-0.39, 0.29) is 16.4 Å². The van der Waals surface area contributed by atoms with Crippen molar-refractivity contribution < 1.29 is 18.7 Å². The highest BCUT2D eigenvalue weighted by atomic mass is 35.5. The van der Waals surface area contributed by atoms with Gasteiger partial charge < -0.3 is 5.11 Å². The van der Waals surface area contributed by atoms with Gasteiger partial charge in [-0.05, 0) is 16.7 Å². The second-order valence-electron chi connectivity index (χ2n) is 8.35. The van der Waals surface area contributed by atoms with E-state index < -0.39 is 24.6 Å². The van der Waals surface area contributed by atoms with E-state index in [4.69, 9.17) is 16.7 Å². The molecule has 0 unspecified atom stereocenters. The van der Waals surface area contributed by atoms with Crippen LogP contribution in [0.4, 0.5) is 19.4 Å². The second kappa shape index (κ2) is 9.99. The summed E-state index contributed by atoms with van der Waals surface area (Å²) in [5.74, 6) is -0.154. The Morgan fingerprint density at radius 3 is 1.84 bits per heavy atom. The smallest absolute Gasteiger partial charge is 0.413 e. The summed E-state index contributed by atoms with van der Waals surface area (Å²) in [6.45, 7) is -1.04. The minimum absolute atomic E-state index is 0.152. The lowest BCUT2D eigenvalue weighted by atomic mass is 9.77. The molecule has 0 aliphatic heterocycles. The van der Waals surface area contributed by atoms with Gasteiger partial charge in [0.15, 0.2) is 5.82 Å². The minimum atomic E-state index is -2.90. The number of carbonyl (C=O) groups is 1. The quantitative estimate of drug-likeness (QED) is 0.193. The van der Waals surface area contributed by atoms with Crippen LogP contribution >= 0.6 is 11.6 Å². The molecule has 1 amide bonds. The lowest BCUT2D eigenvalue weighted by molar-refractivity contribution is 0.147. The molecule has 37 heavy (non-hydrogen) atoms. The molecule has 0 fully saturated rings. The Morgan fingerprint density at radius 2 is 1.41 bits per heavy atom. The average Bonchev–Trinajstić information content (AvgIpc) is 3.28. The molecule has 0 aliphatic carbocycles. The lowest BCUT2D eigenvalue weighted by Gasteiger charge is -2.37. The minimum Gasteiger partial charge on any atom is -0.465 e. The number of amides is 1. The second-order valence-corrected chi connectivity index (χ2v) is 8.74. The van der Waals surface area contributed by atoms with Crippen LogP contribution in [0.25, 0.3) is 10.9 Å². The maximum atomic E-state index is 13.5. The fraction of sp³-hybridized carbons (Fsp3) is 0.107. The van der Waals surface area contributed by atoms with Crippen molar-refractivity contribution in [2.45, 2.75) is 12.0 Å². The third-order valence-corrected chi connectivity index (χ3v) is 6.42. The fourth-order valence-electron chi connectivity index (χ4n) is 4.72. The monoisotopic (exact) mass is 518 g/mol. The Hall–Kier alpha value is -4.30. The van der Waals surface area contributed by atoms with Crippen LogP contribution in [0, 0.1) is 0 Å². The number of halogens is 3. The molecule has 2 aromatic heterocycles. The lowest BCUT2D eigenvalue weighted by Crippen LogP contribution is -2.39. The van der Waals surface area contributed by atoms with Crippen molar-refractivity contribution in [1.82, 2.24) is 14.8 Å². The van der Waals surface area contributed by atoms with Crippen LogP contribution in [-0.4, -0.2) is 38.9 Å². The van der Waals surface area contributed by atoms with Crippen molar-refractivity contribution in [3.05, 3.63) is 125 Å². The van der Waals surface area contributed by atoms with Gasteiger partial charge in [-0.3, -0.25) is 4.90 Å². The van der Waals surface area contributed by atoms with Gasteiger partial charge >= 0.3 is 6.09 Å². The van der Waals surface area contributed by atoms with Gasteiger partial charge in [0.1, 0.15) is 10.7 Å². The highest BCUT2D eigenvalue weighted by molar-refractivity contribution is 6.30. The summed E-state index contributed by atoms with van der Waals surface area (Å²) in [7, 11) is 0. The topological polar surface area (TPSA) is 71.2 Å². The van der Waals surface area contributed by atoms with Crippen LogP contribution in [0.1, 0.15) is 16.7 Å². The molecular formula is C28H21ClF2N4O2. The van der Waals surface area contributed by atoms with Gasteiger partial charge in [-0.1, -0.05) is 103 Å². The Kier molecular flexibility index (Phi) is 6.58. The molecule has 3 aromatic carbocycles. The summed E-state index contributed by atoms with van der Waals surface area (Å²) in [5, 5.41) is 15.0. The molecule has 6 nitrogen and oxygen atoms in total. The average molecular weight is 519 g/mol. The number of alkyl halides is 2. The van der Waals surface area contributed by atoms with Crippen molar-refractivity contribution in [1.29, 1.82) is 0 Å². The van der Waals surface area contributed by atoms with Gasteiger partial charge in [0.25, 0.3) is 6.43 Å². The van der Waals surface area contributed by atoms with Crippen LogP contribution in [0.3, 0.4) is 0 Å². The summed E-state index contributed by atoms with van der Waals surface area (Å²) in [6.07, 6.45) is -3.09. The molecule has 0 bridgehead atoms. The van der Waals surface area contributed by atoms with E-state index in [0.29, 0.717) is 10.4 Å². The maximum absolute atomic E-state index is 13.5. The number of hydrogen-bond donors (Lipinski definition) is 1. The van der Waals surface area contributed by atoms with Crippen molar-refractivity contribution in [3.8, 4) is 0 Å². The zero-order valence-electron chi connectivity index (χ0n) is 19.4. The number of fused-ring (bicyclic) bond motifs is 1. The van der Waals surface area contributed by atoms with Gasteiger partial charge in [-0.25, -0.2) is 23.2 Å². The summed E-state index contributed by atoms with van der Waals surface area (Å²) in [6, 6.07) is 30.3. The number of pyridine rings is 1. The molecular weight excluding hydrogens is 498 g/mol. The first-order chi connectivity index (χ1) is 17.9. The number of nitrogens with zero attached hydrogens (tertiary/aromatic N) is 4. The van der Waals surface area contributed by atoms with Gasteiger partial charge in [0.2, 0.25) is 0 Å². The Bertz CT molecular complexity index is 1430. The first-order valence-electron chi connectivity index (χ1n) is 11.4. The molecule has 1 N–H and O–H groups in total. The van der Waals surface area contributed by atoms with Crippen LogP contribution < -0.4 is 4.90 Å². The zero-order chi connectivity index (χ0) is 26.0. The van der Waals surface area contributed by atoms with Gasteiger partial charge in [-0.15, -0.1) is 0 Å². The Morgan fingerprint density at radius 1 is 0.919 bits per heavy atom. The van der Waals surface area contributed by atoms with E-state index >= 15 is 0 Å². The van der Waals surface area contributed by atoms with Crippen LogP contribution in [0.5, 0.6) is 0 Å². The zero-order valence-corrected chi connectivity index (χ0v) is 20.1. The van der Waals surface area contributed by atoms with E-state index in [1.165, 1.54) is 6.20 Å². The third-order valence-electron chi connectivity index (χ3n) is 6.21. The van der Waals surface area contributed by atoms with Gasteiger partial charge in [-0.2, -0.15) is 5.10 Å². The predicted octanol–water partition coefficient (Wildman–Crippen LogP) is 6.67. The molecule has 0 spiro atoms. The standard InChI is InChI=1S/C28H21ClF2N4O2/c29-24-16-23-22(17-32-24)26(34(27(36)37)18-25(30)31)33-35(23)28(19-10-4-1-5-11-19,20-12-6-2-7-13-20)21-14-8-3-9-15-21/h1-17,25H,18H2,(H,36,37). The molecule has 0 saturated heterocycles. The molecule has 186 valence electrons. The Balaban J connectivity index is 1.96. The normalized spacial score (nSPS) is 11.7. The molecule has 2 heterocycles. The van der Waals surface area contributed by atoms with Crippen molar-refractivity contribution in [3.63, 3.8) is 0 Å².